The first-order valence-electron chi connectivity index (χ1n) is 2.70. The fourth-order valence-corrected chi connectivity index (χ4v) is 0.634. The molecule has 0 aliphatic rings. The van der Waals surface area contributed by atoms with Crippen LogP contribution in [0, 0.1) is 0 Å². The van der Waals surface area contributed by atoms with Gasteiger partial charge in [0.25, 0.3) is 0 Å². The zero-order valence-electron chi connectivity index (χ0n) is 5.67. The van der Waals surface area contributed by atoms with Gasteiger partial charge in [-0.05, 0) is 0 Å². The second-order valence-electron chi connectivity index (χ2n) is 1.66. The van der Waals surface area contributed by atoms with Crippen LogP contribution in [0.5, 0.6) is 0 Å². The molecule has 9 heteroatoms. The summed E-state index contributed by atoms with van der Waals surface area (Å²) < 4.78 is 28.4. The van der Waals surface area contributed by atoms with E-state index in [2.05, 4.69) is 15.0 Å². The molecule has 1 aromatic heterocycles. The Kier molecular flexibility index (Phi) is 2.47. The smallest absolute Gasteiger partial charge is 0.274 e. The van der Waals surface area contributed by atoms with Crippen LogP contribution in [0.1, 0.15) is 0 Å². The summed E-state index contributed by atoms with van der Waals surface area (Å²) in [5.41, 5.74) is 2.03. The van der Waals surface area contributed by atoms with Gasteiger partial charge in [-0.15, -0.1) is 4.83 Å². The molecule has 8 nitrogen and oxygen atoms in total. The van der Waals surface area contributed by atoms with Crippen molar-refractivity contribution < 1.29 is 13.0 Å². The van der Waals surface area contributed by atoms with Crippen LogP contribution in [0.2, 0.25) is 0 Å². The topological polar surface area (TPSA) is 117 Å². The van der Waals surface area contributed by atoms with E-state index in [-0.39, 0.29) is 5.95 Å². The van der Waals surface area contributed by atoms with Crippen molar-refractivity contribution >= 4 is 16.3 Å². The van der Waals surface area contributed by atoms with Gasteiger partial charge in [-0.2, -0.15) is 8.42 Å². The van der Waals surface area contributed by atoms with E-state index >= 15 is 0 Å². The lowest BCUT2D eigenvalue weighted by atomic mass is 11.0. The van der Waals surface area contributed by atoms with Crippen molar-refractivity contribution in [1.29, 1.82) is 0 Å². The summed E-state index contributed by atoms with van der Waals surface area (Å²) in [5.74, 6) is -0.0115. The van der Waals surface area contributed by atoms with Crippen LogP contribution in [-0.4, -0.2) is 27.9 Å². The first kappa shape index (κ1) is 8.77. The summed E-state index contributed by atoms with van der Waals surface area (Å²) in [6.45, 7) is 0. The molecule has 12 heavy (non-hydrogen) atoms. The third-order valence-corrected chi connectivity index (χ3v) is 1.15. The predicted molar refractivity (Wildman–Crippen MR) is 38.1 cm³/mol. The summed E-state index contributed by atoms with van der Waals surface area (Å²) in [4.78, 5) is 12.1. The molecule has 0 fully saturated rings. The fraction of sp³-hybridized carbons (Fsp3) is 0. The molecule has 3 N–H and O–H groups in total. The van der Waals surface area contributed by atoms with Crippen LogP contribution >= 0.6 is 0 Å². The highest BCUT2D eigenvalue weighted by Crippen LogP contribution is 1.88. The minimum absolute atomic E-state index is 0.0115. The number of aromatic nitrogens is 3. The standard InChI is InChI=1S/C3H5N5O3S/c9-12(10,11)8-7-3-5-1-4-2-6-3/h1-2,8H,(H,9,10,11)(H,4,5,6,7). The van der Waals surface area contributed by atoms with Crippen LogP contribution in [-0.2, 0) is 10.3 Å². The molecule has 1 heterocycles. The highest BCUT2D eigenvalue weighted by atomic mass is 32.2. The summed E-state index contributed by atoms with van der Waals surface area (Å²) in [7, 11) is -4.28. The molecule has 1 rings (SSSR count). The third-order valence-electron chi connectivity index (χ3n) is 0.785. The minimum atomic E-state index is -4.28. The highest BCUT2D eigenvalue weighted by Gasteiger charge is 2.01. The van der Waals surface area contributed by atoms with Crippen molar-refractivity contribution in [2.24, 2.45) is 0 Å². The van der Waals surface area contributed by atoms with Gasteiger partial charge in [0.1, 0.15) is 12.7 Å². The van der Waals surface area contributed by atoms with Crippen LogP contribution in [0.3, 0.4) is 0 Å². The molecule has 0 unspecified atom stereocenters. The van der Waals surface area contributed by atoms with Gasteiger partial charge in [0, 0.05) is 0 Å². The van der Waals surface area contributed by atoms with Gasteiger partial charge in [0.05, 0.1) is 0 Å². The number of hydrogen-bond acceptors (Lipinski definition) is 6. The summed E-state index contributed by atoms with van der Waals surface area (Å²) in [6.07, 6.45) is 2.34. The number of hydrogen-bond donors (Lipinski definition) is 3. The normalized spacial score (nSPS) is 11.1. The number of anilines is 1. The second-order valence-corrected chi connectivity index (χ2v) is 2.82. The van der Waals surface area contributed by atoms with Gasteiger partial charge in [-0.1, -0.05) is 0 Å². The van der Waals surface area contributed by atoms with Crippen molar-refractivity contribution in [3.8, 4) is 0 Å². The highest BCUT2D eigenvalue weighted by molar-refractivity contribution is 7.83. The third kappa shape index (κ3) is 3.18. The first-order valence-corrected chi connectivity index (χ1v) is 4.14. The Bertz CT molecular complexity index is 336. The molecule has 0 saturated heterocycles. The van der Waals surface area contributed by atoms with E-state index < -0.39 is 10.3 Å². The summed E-state index contributed by atoms with van der Waals surface area (Å²) >= 11 is 0. The minimum Gasteiger partial charge on any atom is -0.274 e. The molecule has 0 aliphatic heterocycles. The van der Waals surface area contributed by atoms with E-state index in [1.54, 1.807) is 4.83 Å². The first-order chi connectivity index (χ1) is 5.58. The Balaban J connectivity index is 2.56. The quantitative estimate of drug-likeness (QED) is 0.397. The maximum absolute atomic E-state index is 10.1. The van der Waals surface area contributed by atoms with E-state index in [0.717, 1.165) is 0 Å². The lowest BCUT2D eigenvalue weighted by Gasteiger charge is -2.00. The van der Waals surface area contributed by atoms with E-state index in [9.17, 15) is 8.42 Å². The molecule has 0 bridgehead atoms. The SMILES string of the molecule is O=S(=O)(O)NNc1ncncn1. The number of rotatable bonds is 3. The van der Waals surface area contributed by atoms with Gasteiger partial charge in [0.2, 0.25) is 5.95 Å². The van der Waals surface area contributed by atoms with Crippen molar-refractivity contribution in [1.82, 2.24) is 19.8 Å². The van der Waals surface area contributed by atoms with Crippen molar-refractivity contribution in [3.05, 3.63) is 12.7 Å². The van der Waals surface area contributed by atoms with Gasteiger partial charge in [-0.3, -0.25) is 9.98 Å². The van der Waals surface area contributed by atoms with E-state index in [1.165, 1.54) is 12.7 Å². The molecule has 0 aliphatic carbocycles. The molecular formula is C3H5N5O3S. The van der Waals surface area contributed by atoms with E-state index in [0.29, 0.717) is 0 Å². The average Bonchev–Trinajstić information content (AvgIpc) is 2.02. The average molecular weight is 191 g/mol. The van der Waals surface area contributed by atoms with E-state index in [4.69, 9.17) is 4.55 Å². The van der Waals surface area contributed by atoms with Crippen molar-refractivity contribution in [3.63, 3.8) is 0 Å². The molecule has 1 aromatic rings. The zero-order chi connectivity index (χ0) is 9.03. The monoisotopic (exact) mass is 191 g/mol. The van der Waals surface area contributed by atoms with Gasteiger partial charge in [0.15, 0.2) is 0 Å². The molecule has 66 valence electrons. The van der Waals surface area contributed by atoms with Crippen LogP contribution in [0.4, 0.5) is 5.95 Å². The van der Waals surface area contributed by atoms with Gasteiger partial charge in [-0.25, -0.2) is 15.0 Å². The van der Waals surface area contributed by atoms with Gasteiger partial charge < -0.3 is 0 Å². The number of nitrogens with zero attached hydrogens (tertiary/aromatic N) is 3. The molecule has 0 spiro atoms. The summed E-state index contributed by atoms with van der Waals surface area (Å²) in [5, 5.41) is 0. The fourth-order valence-electron chi connectivity index (χ4n) is 0.414. The Labute approximate surface area is 67.9 Å². The predicted octanol–water partition coefficient (Wildman–Crippen LogP) is -1.41. The Morgan fingerprint density at radius 2 is 1.92 bits per heavy atom. The molecule has 0 aromatic carbocycles. The molecule has 0 amide bonds. The van der Waals surface area contributed by atoms with E-state index in [1.807, 2.05) is 5.43 Å². The largest absolute Gasteiger partial charge is 0.350 e. The molecular weight excluding hydrogens is 186 g/mol. The Morgan fingerprint density at radius 1 is 1.33 bits per heavy atom. The summed E-state index contributed by atoms with van der Waals surface area (Å²) in [6, 6.07) is 0. The number of hydrazine groups is 1. The van der Waals surface area contributed by atoms with Crippen molar-refractivity contribution in [2.75, 3.05) is 5.43 Å². The Morgan fingerprint density at radius 3 is 2.42 bits per heavy atom. The van der Waals surface area contributed by atoms with Crippen LogP contribution in [0.15, 0.2) is 12.7 Å². The zero-order valence-corrected chi connectivity index (χ0v) is 6.48. The maximum atomic E-state index is 10.1. The lowest BCUT2D eigenvalue weighted by molar-refractivity contribution is 0.473. The van der Waals surface area contributed by atoms with Crippen LogP contribution in [0.25, 0.3) is 0 Å². The number of nitrogens with one attached hydrogen (secondary N) is 2. The molecule has 0 radical (unpaired) electrons. The molecule has 0 atom stereocenters. The second kappa shape index (κ2) is 3.38. The Hall–Kier alpha value is -1.32. The molecule has 0 saturated carbocycles. The van der Waals surface area contributed by atoms with Crippen LogP contribution < -0.4 is 10.3 Å². The lowest BCUT2D eigenvalue weighted by Crippen LogP contribution is -2.29. The maximum Gasteiger partial charge on any atom is 0.350 e. The van der Waals surface area contributed by atoms with Gasteiger partial charge >= 0.3 is 10.3 Å². The van der Waals surface area contributed by atoms with Crippen molar-refractivity contribution in [2.45, 2.75) is 0 Å².